The summed E-state index contributed by atoms with van der Waals surface area (Å²) in [6.45, 7) is 4.76. The average molecular weight is 399 g/mol. The van der Waals surface area contributed by atoms with Crippen LogP contribution in [0.4, 0.5) is 0 Å². The average Bonchev–Trinajstić information content (AvgIpc) is 3.20. The summed E-state index contributed by atoms with van der Waals surface area (Å²) in [7, 11) is 0. The van der Waals surface area contributed by atoms with Crippen LogP contribution in [-0.2, 0) is 13.0 Å². The largest absolute Gasteiger partial charge is 0.276 e. The van der Waals surface area contributed by atoms with Gasteiger partial charge in [-0.15, -0.1) is 21.5 Å². The molecule has 0 radical (unpaired) electrons. The Morgan fingerprint density at radius 1 is 1.11 bits per heavy atom. The van der Waals surface area contributed by atoms with Crippen molar-refractivity contribution in [3.63, 3.8) is 0 Å². The first-order valence-corrected chi connectivity index (χ1v) is 10.7. The van der Waals surface area contributed by atoms with Crippen LogP contribution in [0, 0.1) is 6.92 Å². The van der Waals surface area contributed by atoms with Crippen LogP contribution in [0.2, 0.25) is 5.02 Å². The molecule has 6 heteroatoms. The number of benzene rings is 1. The van der Waals surface area contributed by atoms with Crippen molar-refractivity contribution < 1.29 is 0 Å². The third-order valence-corrected chi connectivity index (χ3v) is 6.41. The van der Waals surface area contributed by atoms with Gasteiger partial charge in [-0.1, -0.05) is 56.0 Å². The summed E-state index contributed by atoms with van der Waals surface area (Å²) in [6, 6.07) is 10.2. The predicted molar refractivity (Wildman–Crippen MR) is 113 cm³/mol. The lowest BCUT2D eigenvalue weighted by Gasteiger charge is -2.08. The van der Waals surface area contributed by atoms with Gasteiger partial charge in [0.15, 0.2) is 5.82 Å². The third kappa shape index (κ3) is 3.58. The van der Waals surface area contributed by atoms with Gasteiger partial charge in [-0.2, -0.15) is 0 Å². The number of hydrogen-bond acceptors (Lipinski definition) is 4. The van der Waals surface area contributed by atoms with Crippen LogP contribution in [0.1, 0.15) is 60.3 Å². The van der Waals surface area contributed by atoms with E-state index < -0.39 is 0 Å². The quantitative estimate of drug-likeness (QED) is 0.495. The number of aliphatic imine (C=N–C) groups is 1. The van der Waals surface area contributed by atoms with Crippen molar-refractivity contribution in [2.24, 2.45) is 4.99 Å². The Morgan fingerprint density at radius 2 is 1.96 bits per heavy atom. The maximum absolute atomic E-state index is 6.51. The van der Waals surface area contributed by atoms with E-state index in [1.165, 1.54) is 30.6 Å². The van der Waals surface area contributed by atoms with Gasteiger partial charge >= 0.3 is 0 Å². The molecule has 0 amide bonds. The molecule has 1 aromatic carbocycles. The molecule has 4 nitrogen and oxygen atoms in total. The van der Waals surface area contributed by atoms with Crippen LogP contribution >= 0.6 is 22.9 Å². The van der Waals surface area contributed by atoms with E-state index in [9.17, 15) is 0 Å². The number of thiophene rings is 1. The molecule has 0 bridgehead atoms. The van der Waals surface area contributed by atoms with Crippen molar-refractivity contribution >= 4 is 28.6 Å². The maximum atomic E-state index is 6.51. The minimum atomic E-state index is 0.509. The molecule has 0 spiro atoms. The summed E-state index contributed by atoms with van der Waals surface area (Å²) in [5, 5.41) is 10.5. The lowest BCUT2D eigenvalue weighted by molar-refractivity contribution is 0.670. The molecule has 4 rings (SSSR count). The highest BCUT2D eigenvalue weighted by Crippen LogP contribution is 2.35. The summed E-state index contributed by atoms with van der Waals surface area (Å²) < 4.78 is 2.16. The molecule has 0 atom stereocenters. The van der Waals surface area contributed by atoms with E-state index in [-0.39, 0.29) is 0 Å². The van der Waals surface area contributed by atoms with Gasteiger partial charge in [0.1, 0.15) is 17.4 Å². The van der Waals surface area contributed by atoms with Gasteiger partial charge in [0.2, 0.25) is 0 Å². The zero-order valence-corrected chi connectivity index (χ0v) is 17.3. The Kier molecular flexibility index (Phi) is 5.41. The van der Waals surface area contributed by atoms with Gasteiger partial charge in [-0.3, -0.25) is 9.56 Å². The SMILES string of the molecule is CCCCCCc1cc2c(s1)-n1c(C)nnc1CN=C2c1ccccc1Cl. The topological polar surface area (TPSA) is 43.1 Å². The van der Waals surface area contributed by atoms with Crippen molar-refractivity contribution in [2.45, 2.75) is 52.5 Å². The third-order valence-electron chi connectivity index (χ3n) is 4.90. The molecular formula is C21H23ClN4S. The second kappa shape index (κ2) is 7.95. The van der Waals surface area contributed by atoms with E-state index in [4.69, 9.17) is 16.6 Å². The van der Waals surface area contributed by atoms with E-state index in [2.05, 4.69) is 27.8 Å². The van der Waals surface area contributed by atoms with Crippen LogP contribution in [0.5, 0.6) is 0 Å². The van der Waals surface area contributed by atoms with Crippen LogP contribution in [0.3, 0.4) is 0 Å². The summed E-state index contributed by atoms with van der Waals surface area (Å²) in [6.07, 6.45) is 6.16. The number of fused-ring (bicyclic) bond motifs is 3. The molecule has 1 aliphatic rings. The van der Waals surface area contributed by atoms with E-state index in [0.29, 0.717) is 6.54 Å². The van der Waals surface area contributed by atoms with Crippen molar-refractivity contribution in [2.75, 3.05) is 0 Å². The molecular weight excluding hydrogens is 376 g/mol. The molecule has 0 fully saturated rings. The molecule has 1 aliphatic heterocycles. The summed E-state index contributed by atoms with van der Waals surface area (Å²) in [5.41, 5.74) is 3.07. The molecule has 140 valence electrons. The molecule has 3 aromatic rings. The highest BCUT2D eigenvalue weighted by Gasteiger charge is 2.25. The van der Waals surface area contributed by atoms with Crippen LogP contribution in [-0.4, -0.2) is 20.5 Å². The van der Waals surface area contributed by atoms with Crippen molar-refractivity contribution in [1.82, 2.24) is 14.8 Å². The summed E-state index contributed by atoms with van der Waals surface area (Å²) in [5.74, 6) is 1.79. The lowest BCUT2D eigenvalue weighted by Crippen LogP contribution is -2.05. The number of rotatable bonds is 6. The number of halogens is 1. The van der Waals surface area contributed by atoms with E-state index >= 15 is 0 Å². The van der Waals surface area contributed by atoms with Crippen LogP contribution in [0.25, 0.3) is 5.00 Å². The Hall–Kier alpha value is -1.98. The first-order chi connectivity index (χ1) is 13.2. The fourth-order valence-corrected chi connectivity index (χ4v) is 5.00. The highest BCUT2D eigenvalue weighted by molar-refractivity contribution is 7.15. The number of aromatic nitrogens is 3. The number of hydrogen-bond donors (Lipinski definition) is 0. The Labute approximate surface area is 168 Å². The Balaban J connectivity index is 1.78. The maximum Gasteiger partial charge on any atom is 0.160 e. The van der Waals surface area contributed by atoms with Crippen molar-refractivity contribution in [3.05, 3.63) is 63.0 Å². The monoisotopic (exact) mass is 398 g/mol. The molecule has 0 saturated heterocycles. The van der Waals surface area contributed by atoms with Gasteiger partial charge in [0.25, 0.3) is 0 Å². The number of unbranched alkanes of at least 4 members (excludes halogenated alkanes) is 3. The molecule has 3 heterocycles. The van der Waals surface area contributed by atoms with Crippen molar-refractivity contribution in [3.8, 4) is 5.00 Å². The van der Waals surface area contributed by atoms with Gasteiger partial charge in [-0.05, 0) is 31.9 Å². The standard InChI is InChI=1S/C21H23ClN4S/c1-3-4-5-6-9-15-12-17-20(16-10-7-8-11-18(16)22)23-13-19-25-24-14(2)26(19)21(17)27-15/h7-8,10-12H,3-6,9,13H2,1-2H3. The van der Waals surface area contributed by atoms with Crippen LogP contribution in [0.15, 0.2) is 35.3 Å². The second-order valence-electron chi connectivity index (χ2n) is 6.89. The van der Waals surface area contributed by atoms with E-state index in [1.54, 1.807) is 0 Å². The normalized spacial score (nSPS) is 13.1. The number of nitrogens with zero attached hydrogens (tertiary/aromatic N) is 4. The zero-order chi connectivity index (χ0) is 18.8. The van der Waals surface area contributed by atoms with Gasteiger partial charge in [0, 0.05) is 21.0 Å². The first-order valence-electron chi connectivity index (χ1n) is 9.52. The molecule has 2 aromatic heterocycles. The van der Waals surface area contributed by atoms with Crippen LogP contribution < -0.4 is 0 Å². The first kappa shape index (κ1) is 18.4. The fraction of sp³-hybridized carbons (Fsp3) is 0.381. The summed E-state index contributed by atoms with van der Waals surface area (Å²) >= 11 is 8.34. The predicted octanol–water partition coefficient (Wildman–Crippen LogP) is 5.76. The zero-order valence-electron chi connectivity index (χ0n) is 15.7. The minimum Gasteiger partial charge on any atom is -0.276 e. The van der Waals surface area contributed by atoms with Crippen molar-refractivity contribution in [1.29, 1.82) is 0 Å². The molecule has 0 N–H and O–H groups in total. The highest BCUT2D eigenvalue weighted by atomic mass is 35.5. The minimum absolute atomic E-state index is 0.509. The molecule has 27 heavy (non-hydrogen) atoms. The Bertz CT molecular complexity index is 986. The van der Waals surface area contributed by atoms with E-state index in [0.717, 1.165) is 44.9 Å². The molecule has 0 saturated carbocycles. The second-order valence-corrected chi connectivity index (χ2v) is 8.41. The van der Waals surface area contributed by atoms with Gasteiger partial charge in [0.05, 0.1) is 5.71 Å². The lowest BCUT2D eigenvalue weighted by atomic mass is 10.0. The fourth-order valence-electron chi connectivity index (χ4n) is 3.51. The van der Waals surface area contributed by atoms with Gasteiger partial charge in [-0.25, -0.2) is 0 Å². The summed E-state index contributed by atoms with van der Waals surface area (Å²) in [4.78, 5) is 6.27. The van der Waals surface area contributed by atoms with E-state index in [1.807, 2.05) is 42.5 Å². The van der Waals surface area contributed by atoms with Gasteiger partial charge < -0.3 is 0 Å². The Morgan fingerprint density at radius 3 is 2.78 bits per heavy atom. The number of aryl methyl sites for hydroxylation is 2. The smallest absolute Gasteiger partial charge is 0.160 e. The molecule has 0 aliphatic carbocycles. The molecule has 0 unspecified atom stereocenters.